The number of hydrogen-bond donors (Lipinski definition) is 2. The van der Waals surface area contributed by atoms with Gasteiger partial charge in [0.25, 0.3) is 0 Å². The first-order chi connectivity index (χ1) is 22.3. The van der Waals surface area contributed by atoms with E-state index in [1.165, 1.54) is 32.1 Å². The van der Waals surface area contributed by atoms with Gasteiger partial charge in [-0.1, -0.05) is 26.8 Å². The van der Waals surface area contributed by atoms with Gasteiger partial charge >= 0.3 is 35.8 Å². The number of esters is 6. The summed E-state index contributed by atoms with van der Waals surface area (Å²) in [6.07, 6.45) is -5.44. The molecular weight excluding hydrogens is 636 g/mol. The van der Waals surface area contributed by atoms with Crippen LogP contribution in [0.5, 0.6) is 0 Å². The molecule has 266 valence electrons. The molecule has 4 rings (SSSR count). The minimum absolute atomic E-state index is 0.0636. The van der Waals surface area contributed by atoms with E-state index in [-0.39, 0.29) is 24.5 Å². The summed E-state index contributed by atoms with van der Waals surface area (Å²) in [6.45, 7) is 9.97. The molecule has 11 atom stereocenters. The van der Waals surface area contributed by atoms with Gasteiger partial charge in [-0.15, -0.1) is 0 Å². The summed E-state index contributed by atoms with van der Waals surface area (Å²) >= 11 is 0. The van der Waals surface area contributed by atoms with Crippen LogP contribution in [0.1, 0.15) is 61.8 Å². The fraction of sp³-hybridized carbons (Fsp3) is 0.697. The van der Waals surface area contributed by atoms with Gasteiger partial charge in [-0.25, -0.2) is 0 Å². The number of epoxide rings is 1. The number of ether oxygens (including phenoxy) is 7. The zero-order chi connectivity index (χ0) is 35.9. The Morgan fingerprint density at radius 1 is 0.917 bits per heavy atom. The lowest BCUT2D eigenvalue weighted by atomic mass is 9.51. The SMILES string of the molecule is CC(=O)OC1C(OC(=O)CC(C)C)C2(CO2)C2C(OC(C)=O)C3(O)C(C=C(CO)C=CC(OC(C)=O)C2(C)C1OC(C)=O)OC(=O)C3C. The van der Waals surface area contributed by atoms with Gasteiger partial charge in [0.05, 0.1) is 24.5 Å². The average molecular weight is 681 g/mol. The van der Waals surface area contributed by atoms with Crippen molar-refractivity contribution < 1.29 is 72.1 Å². The molecule has 3 fully saturated rings. The molecule has 2 aliphatic carbocycles. The molecule has 48 heavy (non-hydrogen) atoms. The first kappa shape index (κ1) is 37.0. The van der Waals surface area contributed by atoms with Gasteiger partial charge < -0.3 is 43.4 Å². The third-order valence-electron chi connectivity index (χ3n) is 9.53. The fourth-order valence-electron chi connectivity index (χ4n) is 7.46. The van der Waals surface area contributed by atoms with Crippen molar-refractivity contribution >= 4 is 35.8 Å². The van der Waals surface area contributed by atoms with Crippen LogP contribution in [0.2, 0.25) is 0 Å². The maximum atomic E-state index is 13.3. The molecule has 2 heterocycles. The largest absolute Gasteiger partial charge is 0.459 e. The molecule has 0 aromatic heterocycles. The minimum atomic E-state index is -2.39. The third-order valence-corrected chi connectivity index (χ3v) is 9.53. The predicted octanol–water partition coefficient (Wildman–Crippen LogP) is 0.857. The van der Waals surface area contributed by atoms with Crippen molar-refractivity contribution in [2.24, 2.45) is 23.2 Å². The summed E-state index contributed by atoms with van der Waals surface area (Å²) in [7, 11) is 0. The highest BCUT2D eigenvalue weighted by atomic mass is 16.7. The highest BCUT2D eigenvalue weighted by Gasteiger charge is 2.81. The van der Waals surface area contributed by atoms with Crippen LogP contribution in [0.4, 0.5) is 0 Å². The summed E-state index contributed by atoms with van der Waals surface area (Å²) in [5.41, 5.74) is -5.86. The molecule has 0 aromatic carbocycles. The van der Waals surface area contributed by atoms with Crippen molar-refractivity contribution in [3.8, 4) is 0 Å². The molecule has 2 N–H and O–H groups in total. The van der Waals surface area contributed by atoms with Crippen LogP contribution < -0.4 is 0 Å². The van der Waals surface area contributed by atoms with Crippen molar-refractivity contribution in [2.75, 3.05) is 13.2 Å². The van der Waals surface area contributed by atoms with E-state index in [0.29, 0.717) is 0 Å². The van der Waals surface area contributed by atoms with Crippen molar-refractivity contribution in [1.29, 1.82) is 0 Å². The summed E-state index contributed by atoms with van der Waals surface area (Å²) in [5.74, 6) is -7.93. The van der Waals surface area contributed by atoms with E-state index in [1.54, 1.807) is 13.8 Å². The van der Waals surface area contributed by atoms with E-state index >= 15 is 0 Å². The number of carbonyl (C=O) groups excluding carboxylic acids is 6. The maximum absolute atomic E-state index is 13.3. The highest BCUT2D eigenvalue weighted by Crippen LogP contribution is 2.63. The molecule has 11 unspecified atom stereocenters. The second kappa shape index (κ2) is 13.6. The summed E-state index contributed by atoms with van der Waals surface area (Å²) in [4.78, 5) is 77.6. The summed E-state index contributed by atoms with van der Waals surface area (Å²) in [5, 5.41) is 22.9. The van der Waals surface area contributed by atoms with Gasteiger partial charge in [0.2, 0.25) is 0 Å². The van der Waals surface area contributed by atoms with Gasteiger partial charge in [-0.05, 0) is 30.6 Å². The molecule has 15 nitrogen and oxygen atoms in total. The molecule has 0 amide bonds. The Balaban J connectivity index is 2.15. The molecular formula is C33H44O15. The Labute approximate surface area is 277 Å². The maximum Gasteiger partial charge on any atom is 0.312 e. The van der Waals surface area contributed by atoms with Gasteiger partial charge in [-0.3, -0.25) is 28.8 Å². The molecule has 2 saturated heterocycles. The third kappa shape index (κ3) is 6.59. The fourth-order valence-corrected chi connectivity index (χ4v) is 7.46. The van der Waals surface area contributed by atoms with Crippen molar-refractivity contribution in [2.45, 2.75) is 110 Å². The lowest BCUT2D eigenvalue weighted by molar-refractivity contribution is -0.279. The van der Waals surface area contributed by atoms with E-state index in [0.717, 1.165) is 27.7 Å². The van der Waals surface area contributed by atoms with E-state index in [2.05, 4.69) is 0 Å². The first-order valence-electron chi connectivity index (χ1n) is 15.8. The number of aliphatic hydroxyl groups is 2. The Bertz CT molecular complexity index is 1390. The predicted molar refractivity (Wildman–Crippen MR) is 160 cm³/mol. The molecule has 4 aliphatic rings. The van der Waals surface area contributed by atoms with Crippen molar-refractivity contribution in [1.82, 2.24) is 0 Å². The zero-order valence-electron chi connectivity index (χ0n) is 28.3. The Hall–Kier alpha value is -3.82. The van der Waals surface area contributed by atoms with Gasteiger partial charge in [0, 0.05) is 40.0 Å². The minimum Gasteiger partial charge on any atom is -0.459 e. The van der Waals surface area contributed by atoms with E-state index in [1.807, 2.05) is 0 Å². The Kier molecular flexibility index (Phi) is 10.5. The van der Waals surface area contributed by atoms with Crippen LogP contribution in [0, 0.1) is 23.2 Å². The Morgan fingerprint density at radius 2 is 1.48 bits per heavy atom. The van der Waals surface area contributed by atoms with Crippen LogP contribution >= 0.6 is 0 Å². The molecule has 0 radical (unpaired) electrons. The van der Waals surface area contributed by atoms with Gasteiger partial charge in [0.1, 0.15) is 17.8 Å². The normalized spacial score (nSPS) is 38.5. The second-order valence-electron chi connectivity index (χ2n) is 13.5. The molecule has 1 saturated carbocycles. The molecule has 15 heteroatoms. The smallest absolute Gasteiger partial charge is 0.312 e. The number of rotatable bonds is 8. The van der Waals surface area contributed by atoms with Crippen LogP contribution in [-0.2, 0) is 61.9 Å². The van der Waals surface area contributed by atoms with Crippen LogP contribution in [0.25, 0.3) is 0 Å². The van der Waals surface area contributed by atoms with Gasteiger partial charge in [-0.2, -0.15) is 0 Å². The van der Waals surface area contributed by atoms with Crippen LogP contribution in [0.15, 0.2) is 23.8 Å². The molecule has 0 bridgehead atoms. The molecule has 1 spiro atoms. The number of aliphatic hydroxyl groups excluding tert-OH is 1. The number of hydrogen-bond acceptors (Lipinski definition) is 15. The van der Waals surface area contributed by atoms with Gasteiger partial charge in [0.15, 0.2) is 30.0 Å². The Morgan fingerprint density at radius 3 is 1.98 bits per heavy atom. The van der Waals surface area contributed by atoms with E-state index < -0.39 is 107 Å². The second-order valence-corrected chi connectivity index (χ2v) is 13.5. The van der Waals surface area contributed by atoms with Crippen LogP contribution in [-0.4, -0.2) is 107 Å². The zero-order valence-corrected chi connectivity index (χ0v) is 28.3. The van der Waals surface area contributed by atoms with Crippen molar-refractivity contribution in [3.63, 3.8) is 0 Å². The number of carbonyl (C=O) groups is 6. The number of fused-ring (bicyclic) bond motifs is 3. The summed E-state index contributed by atoms with van der Waals surface area (Å²) in [6, 6.07) is 0. The monoisotopic (exact) mass is 680 g/mol. The lowest BCUT2D eigenvalue weighted by Crippen LogP contribution is -2.76. The molecule has 0 aromatic rings. The quantitative estimate of drug-likeness (QED) is 0.207. The molecule has 2 aliphatic heterocycles. The standard InChI is InChI=1S/C33H44O15/c1-15(2)11-24(39)48-28-25(44-18(5)36)27(45-19(6)37)31(8)22(43-17(4)35)10-9-21(13-34)12-23-33(41,16(3)30(40)47-23)29(46-20(7)38)26(31)32(28)14-42-32/h9-10,12,15-16,22-23,25-29,34,41H,11,13-14H2,1-8H3. The highest BCUT2D eigenvalue weighted by molar-refractivity contribution is 5.78. The topological polar surface area (TPSA) is 211 Å². The lowest BCUT2D eigenvalue weighted by Gasteiger charge is -2.59. The van der Waals surface area contributed by atoms with E-state index in [9.17, 15) is 39.0 Å². The summed E-state index contributed by atoms with van der Waals surface area (Å²) < 4.78 is 41.1. The van der Waals surface area contributed by atoms with E-state index in [4.69, 9.17) is 33.2 Å². The van der Waals surface area contributed by atoms with Crippen molar-refractivity contribution in [3.05, 3.63) is 23.8 Å². The first-order valence-corrected chi connectivity index (χ1v) is 15.8. The van der Waals surface area contributed by atoms with Crippen LogP contribution in [0.3, 0.4) is 0 Å². The average Bonchev–Trinajstić information content (AvgIpc) is 3.71.